The highest BCUT2D eigenvalue weighted by Gasteiger charge is 2.41. The predicted molar refractivity (Wildman–Crippen MR) is 70.0 cm³/mol. The molecule has 1 aromatic carbocycles. The van der Waals surface area contributed by atoms with E-state index in [1.54, 1.807) is 6.07 Å². The fourth-order valence-corrected chi connectivity index (χ4v) is 2.66. The Bertz CT molecular complexity index is 458. The molecular formula is C11H13Cl2N3O. The van der Waals surface area contributed by atoms with Crippen LogP contribution in [0.15, 0.2) is 18.2 Å². The molecule has 0 radical (unpaired) electrons. The Labute approximate surface area is 111 Å². The van der Waals surface area contributed by atoms with Crippen LogP contribution in [-0.2, 0) is 5.54 Å². The molecule has 3 rings (SSSR count). The zero-order chi connectivity index (χ0) is 11.2. The van der Waals surface area contributed by atoms with Crippen molar-refractivity contribution in [2.75, 3.05) is 18.4 Å². The summed E-state index contributed by atoms with van der Waals surface area (Å²) >= 11 is 6.01. The molecule has 1 atom stereocenters. The van der Waals surface area contributed by atoms with Crippen LogP contribution in [-0.4, -0.2) is 19.1 Å². The second-order valence-corrected chi connectivity index (χ2v) is 4.71. The van der Waals surface area contributed by atoms with Crippen LogP contribution in [0, 0.1) is 0 Å². The summed E-state index contributed by atoms with van der Waals surface area (Å²) in [5.74, 6) is 0. The van der Waals surface area contributed by atoms with Gasteiger partial charge in [0, 0.05) is 22.8 Å². The van der Waals surface area contributed by atoms with Crippen molar-refractivity contribution in [3.63, 3.8) is 0 Å². The van der Waals surface area contributed by atoms with Crippen LogP contribution in [0.5, 0.6) is 0 Å². The van der Waals surface area contributed by atoms with Crippen LogP contribution in [0.2, 0.25) is 5.02 Å². The number of benzene rings is 1. The standard InChI is InChI=1S/C11H12ClN3O.ClH/c12-7-1-2-9-8(5-7)11(3-4-13-6-11)15-10(16)14-9;/h1-2,5,13H,3-4,6H2,(H2,14,15,16);1H. The summed E-state index contributed by atoms with van der Waals surface area (Å²) in [4.78, 5) is 11.6. The SMILES string of the molecule is Cl.O=C1Nc2ccc(Cl)cc2C2(CCNC2)N1. The number of hydrogen-bond acceptors (Lipinski definition) is 2. The lowest BCUT2D eigenvalue weighted by molar-refractivity contribution is 0.236. The van der Waals surface area contributed by atoms with Crippen LogP contribution in [0.4, 0.5) is 10.5 Å². The van der Waals surface area contributed by atoms with Crippen LogP contribution in [0.25, 0.3) is 0 Å². The van der Waals surface area contributed by atoms with E-state index in [1.807, 2.05) is 12.1 Å². The first-order valence-corrected chi connectivity index (χ1v) is 5.67. The van der Waals surface area contributed by atoms with Crippen LogP contribution < -0.4 is 16.0 Å². The Morgan fingerprint density at radius 1 is 1.35 bits per heavy atom. The molecule has 2 heterocycles. The molecule has 92 valence electrons. The number of nitrogens with one attached hydrogen (secondary N) is 3. The molecule has 1 unspecified atom stereocenters. The lowest BCUT2D eigenvalue weighted by atomic mass is 9.86. The Balaban J connectivity index is 0.00000108. The molecule has 2 amide bonds. The number of amides is 2. The molecule has 4 nitrogen and oxygen atoms in total. The van der Waals surface area contributed by atoms with Gasteiger partial charge in [-0.3, -0.25) is 0 Å². The van der Waals surface area contributed by atoms with Gasteiger partial charge in [-0.2, -0.15) is 0 Å². The topological polar surface area (TPSA) is 53.2 Å². The Morgan fingerprint density at radius 2 is 2.18 bits per heavy atom. The van der Waals surface area contributed by atoms with Crippen molar-refractivity contribution in [1.82, 2.24) is 10.6 Å². The van der Waals surface area contributed by atoms with Gasteiger partial charge >= 0.3 is 6.03 Å². The number of hydrogen-bond donors (Lipinski definition) is 3. The second-order valence-electron chi connectivity index (χ2n) is 4.28. The van der Waals surface area contributed by atoms with Gasteiger partial charge in [-0.05, 0) is 31.2 Å². The molecule has 1 spiro atoms. The van der Waals surface area contributed by atoms with E-state index in [9.17, 15) is 4.79 Å². The molecule has 0 bridgehead atoms. The first-order valence-electron chi connectivity index (χ1n) is 5.30. The third kappa shape index (κ3) is 1.97. The Kier molecular flexibility index (Phi) is 3.21. The van der Waals surface area contributed by atoms with Crippen molar-refractivity contribution < 1.29 is 4.79 Å². The van der Waals surface area contributed by atoms with Crippen molar-refractivity contribution in [3.05, 3.63) is 28.8 Å². The van der Waals surface area contributed by atoms with E-state index in [-0.39, 0.29) is 24.0 Å². The zero-order valence-electron chi connectivity index (χ0n) is 9.05. The summed E-state index contributed by atoms with van der Waals surface area (Å²) in [5.41, 5.74) is 1.64. The van der Waals surface area contributed by atoms with E-state index in [2.05, 4.69) is 16.0 Å². The van der Waals surface area contributed by atoms with Crippen molar-refractivity contribution in [3.8, 4) is 0 Å². The highest BCUT2D eigenvalue weighted by molar-refractivity contribution is 6.30. The van der Waals surface area contributed by atoms with Crippen molar-refractivity contribution >= 4 is 35.7 Å². The summed E-state index contributed by atoms with van der Waals surface area (Å²) < 4.78 is 0. The lowest BCUT2D eigenvalue weighted by Gasteiger charge is -2.36. The largest absolute Gasteiger partial charge is 0.327 e. The van der Waals surface area contributed by atoms with Gasteiger partial charge in [0.15, 0.2) is 0 Å². The molecule has 2 aliphatic heterocycles. The summed E-state index contributed by atoms with van der Waals surface area (Å²) in [7, 11) is 0. The normalized spacial score (nSPS) is 25.8. The van der Waals surface area contributed by atoms with Gasteiger partial charge in [-0.1, -0.05) is 11.6 Å². The number of urea groups is 1. The third-order valence-corrected chi connectivity index (χ3v) is 3.49. The van der Waals surface area contributed by atoms with Crippen LogP contribution >= 0.6 is 24.0 Å². The number of fused-ring (bicyclic) bond motifs is 2. The molecule has 0 aromatic heterocycles. The fourth-order valence-electron chi connectivity index (χ4n) is 2.49. The number of carbonyl (C=O) groups excluding carboxylic acids is 1. The van der Waals surface area contributed by atoms with Gasteiger partial charge in [0.1, 0.15) is 0 Å². The molecule has 17 heavy (non-hydrogen) atoms. The van der Waals surface area contributed by atoms with Gasteiger partial charge in [-0.25, -0.2) is 4.79 Å². The monoisotopic (exact) mass is 273 g/mol. The van der Waals surface area contributed by atoms with E-state index in [1.165, 1.54) is 0 Å². The molecular weight excluding hydrogens is 261 g/mol. The van der Waals surface area contributed by atoms with Crippen molar-refractivity contribution in [2.24, 2.45) is 0 Å². The van der Waals surface area contributed by atoms with E-state index < -0.39 is 0 Å². The molecule has 3 N–H and O–H groups in total. The Morgan fingerprint density at radius 3 is 2.88 bits per heavy atom. The second kappa shape index (κ2) is 4.37. The molecule has 2 aliphatic rings. The fraction of sp³-hybridized carbons (Fsp3) is 0.364. The minimum absolute atomic E-state index is 0. The molecule has 1 saturated heterocycles. The Hall–Kier alpha value is -0.970. The summed E-state index contributed by atoms with van der Waals surface area (Å²) in [5, 5.41) is 9.78. The maximum Gasteiger partial charge on any atom is 0.319 e. The van der Waals surface area contributed by atoms with Gasteiger partial charge in [-0.15, -0.1) is 12.4 Å². The van der Waals surface area contributed by atoms with Crippen LogP contribution in [0.3, 0.4) is 0 Å². The summed E-state index contributed by atoms with van der Waals surface area (Å²) in [6, 6.07) is 5.44. The van der Waals surface area contributed by atoms with Gasteiger partial charge < -0.3 is 16.0 Å². The van der Waals surface area contributed by atoms with E-state index in [0.717, 1.165) is 30.8 Å². The first-order chi connectivity index (χ1) is 7.70. The van der Waals surface area contributed by atoms with E-state index in [4.69, 9.17) is 11.6 Å². The number of carbonyl (C=O) groups is 1. The van der Waals surface area contributed by atoms with Crippen molar-refractivity contribution in [1.29, 1.82) is 0 Å². The number of halogens is 2. The average molecular weight is 274 g/mol. The smallest absolute Gasteiger partial charge is 0.319 e. The summed E-state index contributed by atoms with van der Waals surface area (Å²) in [6.45, 7) is 1.67. The highest BCUT2D eigenvalue weighted by atomic mass is 35.5. The molecule has 0 saturated carbocycles. The molecule has 0 aliphatic carbocycles. The highest BCUT2D eigenvalue weighted by Crippen LogP contribution is 2.37. The zero-order valence-corrected chi connectivity index (χ0v) is 10.6. The number of rotatable bonds is 0. The van der Waals surface area contributed by atoms with E-state index in [0.29, 0.717) is 5.02 Å². The predicted octanol–water partition coefficient (Wildman–Crippen LogP) is 2.09. The summed E-state index contributed by atoms with van der Waals surface area (Å²) in [6.07, 6.45) is 0.897. The van der Waals surface area contributed by atoms with Crippen molar-refractivity contribution in [2.45, 2.75) is 12.0 Å². The van der Waals surface area contributed by atoms with Gasteiger partial charge in [0.2, 0.25) is 0 Å². The minimum Gasteiger partial charge on any atom is -0.327 e. The van der Waals surface area contributed by atoms with E-state index >= 15 is 0 Å². The lowest BCUT2D eigenvalue weighted by Crippen LogP contribution is -2.52. The molecule has 1 aromatic rings. The van der Waals surface area contributed by atoms with Gasteiger partial charge in [0.05, 0.1) is 5.54 Å². The maximum absolute atomic E-state index is 11.6. The maximum atomic E-state index is 11.6. The molecule has 1 fully saturated rings. The van der Waals surface area contributed by atoms with Gasteiger partial charge in [0.25, 0.3) is 0 Å². The minimum atomic E-state index is -0.289. The van der Waals surface area contributed by atoms with Crippen LogP contribution in [0.1, 0.15) is 12.0 Å². The first kappa shape index (κ1) is 12.5. The average Bonchev–Trinajstić information content (AvgIpc) is 2.69. The molecule has 6 heteroatoms. The quantitative estimate of drug-likeness (QED) is 0.678. The number of anilines is 1. The third-order valence-electron chi connectivity index (χ3n) is 3.25.